The molecule has 18 heavy (non-hydrogen) atoms. The Morgan fingerprint density at radius 2 is 2.50 bits per heavy atom. The van der Waals surface area contributed by atoms with Crippen LogP contribution < -0.4 is 5.32 Å². The zero-order valence-electron chi connectivity index (χ0n) is 9.75. The highest BCUT2D eigenvalue weighted by Gasteiger charge is 2.34. The molecule has 1 saturated heterocycles. The molecule has 2 heterocycles. The standard InChI is InChI=1S/C10H13N3O4S/c1-6-2-11-8(17-6)3-12-10(16)13-5-18-4-7(13)9(14)15/h2,7H,3-5H2,1H3,(H,12,16)(H,14,15)/t7-/m0/s1. The van der Waals surface area contributed by atoms with Gasteiger partial charge in [0.1, 0.15) is 11.8 Å². The van der Waals surface area contributed by atoms with Crippen molar-refractivity contribution < 1.29 is 19.1 Å². The van der Waals surface area contributed by atoms with Gasteiger partial charge in [-0.25, -0.2) is 14.6 Å². The van der Waals surface area contributed by atoms with Crippen molar-refractivity contribution in [3.63, 3.8) is 0 Å². The normalized spacial score (nSPS) is 18.9. The van der Waals surface area contributed by atoms with Crippen LogP contribution in [0.2, 0.25) is 0 Å². The smallest absolute Gasteiger partial charge is 0.327 e. The number of hydrogen-bond donors (Lipinski definition) is 2. The summed E-state index contributed by atoms with van der Waals surface area (Å²) in [6, 6.07) is -1.18. The minimum Gasteiger partial charge on any atom is -0.480 e. The van der Waals surface area contributed by atoms with Crippen LogP contribution in [0.15, 0.2) is 10.6 Å². The van der Waals surface area contributed by atoms with Gasteiger partial charge in [-0.2, -0.15) is 0 Å². The highest BCUT2D eigenvalue weighted by atomic mass is 32.2. The molecule has 1 aromatic rings. The second kappa shape index (κ2) is 5.30. The van der Waals surface area contributed by atoms with Crippen LogP contribution in [0.5, 0.6) is 0 Å². The predicted octanol–water partition coefficient (Wildman–Crippen LogP) is 0.652. The molecule has 0 saturated carbocycles. The van der Waals surface area contributed by atoms with Crippen molar-refractivity contribution >= 4 is 23.8 Å². The van der Waals surface area contributed by atoms with Crippen LogP contribution in [0, 0.1) is 6.92 Å². The van der Waals surface area contributed by atoms with E-state index in [9.17, 15) is 9.59 Å². The lowest BCUT2D eigenvalue weighted by atomic mass is 10.3. The first-order chi connectivity index (χ1) is 8.58. The maximum atomic E-state index is 11.8. The predicted molar refractivity (Wildman–Crippen MR) is 64.1 cm³/mol. The van der Waals surface area contributed by atoms with Crippen molar-refractivity contribution in [1.82, 2.24) is 15.2 Å². The minimum atomic E-state index is -0.984. The molecule has 2 amide bonds. The summed E-state index contributed by atoms with van der Waals surface area (Å²) >= 11 is 1.42. The van der Waals surface area contributed by atoms with E-state index in [1.165, 1.54) is 16.7 Å². The molecule has 0 spiro atoms. The Labute approximate surface area is 108 Å². The zero-order valence-corrected chi connectivity index (χ0v) is 10.6. The van der Waals surface area contributed by atoms with Crippen LogP contribution in [-0.2, 0) is 11.3 Å². The van der Waals surface area contributed by atoms with E-state index < -0.39 is 18.0 Å². The van der Waals surface area contributed by atoms with Crippen molar-refractivity contribution in [3.8, 4) is 0 Å². The number of hydrogen-bond acceptors (Lipinski definition) is 5. The lowest BCUT2D eigenvalue weighted by molar-refractivity contribution is -0.140. The van der Waals surface area contributed by atoms with Crippen LogP contribution in [0.4, 0.5) is 4.79 Å². The minimum absolute atomic E-state index is 0.153. The average molecular weight is 271 g/mol. The quantitative estimate of drug-likeness (QED) is 0.838. The van der Waals surface area contributed by atoms with Crippen molar-refractivity contribution in [1.29, 1.82) is 0 Å². The highest BCUT2D eigenvalue weighted by molar-refractivity contribution is 7.99. The van der Waals surface area contributed by atoms with E-state index in [4.69, 9.17) is 9.52 Å². The average Bonchev–Trinajstić information content (AvgIpc) is 2.94. The third kappa shape index (κ3) is 2.76. The van der Waals surface area contributed by atoms with Crippen molar-refractivity contribution in [2.75, 3.05) is 11.6 Å². The molecule has 0 aliphatic carbocycles. The topological polar surface area (TPSA) is 95.7 Å². The molecule has 1 atom stereocenters. The van der Waals surface area contributed by atoms with Crippen molar-refractivity contribution in [3.05, 3.63) is 17.8 Å². The molecule has 2 rings (SSSR count). The number of aromatic nitrogens is 1. The summed E-state index contributed by atoms with van der Waals surface area (Å²) < 4.78 is 5.20. The Kier molecular flexibility index (Phi) is 3.75. The Bertz CT molecular complexity index is 462. The van der Waals surface area contributed by atoms with Gasteiger partial charge in [0.2, 0.25) is 5.89 Å². The molecule has 98 valence electrons. The maximum Gasteiger partial charge on any atom is 0.327 e. The molecule has 1 aliphatic heterocycles. The summed E-state index contributed by atoms with van der Waals surface area (Å²) in [5.74, 6) is 0.884. The fourth-order valence-electron chi connectivity index (χ4n) is 1.58. The van der Waals surface area contributed by atoms with Crippen LogP contribution in [0.3, 0.4) is 0 Å². The number of aryl methyl sites for hydroxylation is 1. The molecule has 0 radical (unpaired) electrons. The number of urea groups is 1. The summed E-state index contributed by atoms with van der Waals surface area (Å²) in [6.45, 7) is 1.91. The lowest BCUT2D eigenvalue weighted by Crippen LogP contribution is -2.46. The summed E-state index contributed by atoms with van der Waals surface area (Å²) in [6.07, 6.45) is 1.56. The summed E-state index contributed by atoms with van der Waals surface area (Å²) in [5, 5.41) is 11.5. The molecule has 1 aromatic heterocycles. The van der Waals surface area contributed by atoms with E-state index in [-0.39, 0.29) is 6.54 Å². The summed E-state index contributed by atoms with van der Waals surface area (Å²) in [4.78, 5) is 28.0. The van der Waals surface area contributed by atoms with E-state index in [1.54, 1.807) is 13.1 Å². The Hall–Kier alpha value is -1.70. The van der Waals surface area contributed by atoms with Crippen LogP contribution in [-0.4, -0.2) is 44.7 Å². The van der Waals surface area contributed by atoms with Gasteiger partial charge < -0.3 is 19.7 Å². The number of nitrogens with zero attached hydrogens (tertiary/aromatic N) is 2. The second-order valence-corrected chi connectivity index (χ2v) is 4.85. The van der Waals surface area contributed by atoms with Gasteiger partial charge >= 0.3 is 12.0 Å². The van der Waals surface area contributed by atoms with Gasteiger partial charge in [0.25, 0.3) is 0 Å². The number of amides is 2. The fraction of sp³-hybridized carbons (Fsp3) is 0.500. The van der Waals surface area contributed by atoms with Crippen molar-refractivity contribution in [2.45, 2.75) is 19.5 Å². The number of carboxylic acid groups (broad SMARTS) is 1. The lowest BCUT2D eigenvalue weighted by Gasteiger charge is -2.20. The van der Waals surface area contributed by atoms with Gasteiger partial charge in [0.15, 0.2) is 0 Å². The SMILES string of the molecule is Cc1cnc(CNC(=O)N2CSC[C@H]2C(=O)O)o1. The van der Waals surface area contributed by atoms with E-state index >= 15 is 0 Å². The van der Waals surface area contributed by atoms with Gasteiger partial charge in [0, 0.05) is 5.75 Å². The van der Waals surface area contributed by atoms with Gasteiger partial charge in [-0.3, -0.25) is 0 Å². The number of nitrogens with one attached hydrogen (secondary N) is 1. The molecular formula is C10H13N3O4S. The number of oxazole rings is 1. The van der Waals surface area contributed by atoms with Gasteiger partial charge in [-0.1, -0.05) is 0 Å². The monoisotopic (exact) mass is 271 g/mol. The molecule has 7 nitrogen and oxygen atoms in total. The molecule has 0 unspecified atom stereocenters. The van der Waals surface area contributed by atoms with Gasteiger partial charge in [-0.05, 0) is 6.92 Å². The Morgan fingerprint density at radius 3 is 3.11 bits per heavy atom. The fourth-order valence-corrected chi connectivity index (χ4v) is 2.73. The molecule has 1 fully saturated rings. The number of carbonyl (C=O) groups excluding carboxylic acids is 1. The van der Waals surface area contributed by atoms with Crippen LogP contribution in [0.25, 0.3) is 0 Å². The molecule has 8 heteroatoms. The zero-order chi connectivity index (χ0) is 13.1. The largest absolute Gasteiger partial charge is 0.480 e. The Balaban J connectivity index is 1.89. The second-order valence-electron chi connectivity index (χ2n) is 3.85. The van der Waals surface area contributed by atoms with Gasteiger partial charge in [0.05, 0.1) is 18.6 Å². The maximum absolute atomic E-state index is 11.8. The molecule has 0 bridgehead atoms. The Morgan fingerprint density at radius 1 is 1.72 bits per heavy atom. The summed E-state index contributed by atoms with van der Waals surface area (Å²) in [5.41, 5.74) is 0. The van der Waals surface area contributed by atoms with E-state index in [1.807, 2.05) is 0 Å². The highest BCUT2D eigenvalue weighted by Crippen LogP contribution is 2.20. The summed E-state index contributed by atoms with van der Waals surface area (Å²) in [7, 11) is 0. The van der Waals surface area contributed by atoms with E-state index in [0.29, 0.717) is 23.3 Å². The van der Waals surface area contributed by atoms with E-state index in [0.717, 1.165) is 0 Å². The van der Waals surface area contributed by atoms with Crippen LogP contribution in [0.1, 0.15) is 11.7 Å². The van der Waals surface area contributed by atoms with Crippen molar-refractivity contribution in [2.24, 2.45) is 0 Å². The first-order valence-electron chi connectivity index (χ1n) is 5.34. The third-order valence-corrected chi connectivity index (χ3v) is 3.50. The number of thioether (sulfide) groups is 1. The molecular weight excluding hydrogens is 258 g/mol. The number of aliphatic carboxylic acids is 1. The number of rotatable bonds is 3. The molecule has 2 N–H and O–H groups in total. The molecule has 1 aliphatic rings. The number of carboxylic acids is 1. The first kappa shape index (κ1) is 12.7. The first-order valence-corrected chi connectivity index (χ1v) is 6.49. The molecule has 0 aromatic carbocycles. The van der Waals surface area contributed by atoms with Crippen LogP contribution >= 0.6 is 11.8 Å². The number of carbonyl (C=O) groups is 2. The third-order valence-electron chi connectivity index (χ3n) is 2.49. The van der Waals surface area contributed by atoms with Gasteiger partial charge in [-0.15, -0.1) is 11.8 Å². The van der Waals surface area contributed by atoms with E-state index in [2.05, 4.69) is 10.3 Å².